The van der Waals surface area contributed by atoms with Gasteiger partial charge in [0.1, 0.15) is 25.2 Å². The van der Waals surface area contributed by atoms with Gasteiger partial charge < -0.3 is 16.2 Å². The predicted molar refractivity (Wildman–Crippen MR) is 53.4 cm³/mol. The zero-order valence-corrected chi connectivity index (χ0v) is 8.74. The van der Waals surface area contributed by atoms with Crippen molar-refractivity contribution in [2.75, 3.05) is 0 Å². The second kappa shape index (κ2) is 5.58. The molecule has 0 saturated heterocycles. The van der Waals surface area contributed by atoms with Crippen molar-refractivity contribution in [3.05, 3.63) is 12.7 Å². The van der Waals surface area contributed by atoms with Crippen LogP contribution in [0.1, 0.15) is 6.42 Å². The smallest absolute Gasteiger partial charge is 0.326 e. The lowest BCUT2D eigenvalue weighted by Crippen LogP contribution is -2.44. The van der Waals surface area contributed by atoms with Crippen molar-refractivity contribution < 1.29 is 19.5 Å². The number of amides is 2. The van der Waals surface area contributed by atoms with Gasteiger partial charge in [0.15, 0.2) is 0 Å². The molecule has 0 fully saturated rings. The van der Waals surface area contributed by atoms with Gasteiger partial charge in [-0.1, -0.05) is 0 Å². The normalized spacial score (nSPS) is 11.8. The molecule has 9 nitrogen and oxygen atoms in total. The molecule has 0 bridgehead atoms. The van der Waals surface area contributed by atoms with E-state index in [1.54, 1.807) is 0 Å². The van der Waals surface area contributed by atoms with Gasteiger partial charge in [0.2, 0.25) is 11.8 Å². The van der Waals surface area contributed by atoms with E-state index in [1.165, 1.54) is 17.3 Å². The minimum atomic E-state index is -1.33. The standard InChI is InChI=1S/C8H11N5O4/c9-6(14)1-5(8(16)17)12-7(15)2-13-4-10-3-11-13/h3-5H,1-2H2,(H2,9,14)(H,12,15)(H,16,17)/t5-/m1/s1. The van der Waals surface area contributed by atoms with Gasteiger partial charge in [0, 0.05) is 0 Å². The lowest BCUT2D eigenvalue weighted by atomic mass is 10.2. The molecular weight excluding hydrogens is 230 g/mol. The van der Waals surface area contributed by atoms with E-state index in [1.807, 2.05) is 0 Å². The van der Waals surface area contributed by atoms with Crippen LogP contribution in [0.15, 0.2) is 12.7 Å². The SMILES string of the molecule is NC(=O)C[C@@H](NC(=O)Cn1cncn1)C(=O)O. The molecule has 0 spiro atoms. The van der Waals surface area contributed by atoms with E-state index >= 15 is 0 Å². The van der Waals surface area contributed by atoms with Crippen LogP contribution in [-0.2, 0) is 20.9 Å². The topological polar surface area (TPSA) is 140 Å². The van der Waals surface area contributed by atoms with Gasteiger partial charge in [-0.2, -0.15) is 5.10 Å². The third kappa shape index (κ3) is 4.28. The highest BCUT2D eigenvalue weighted by Gasteiger charge is 2.22. The van der Waals surface area contributed by atoms with Gasteiger partial charge in [-0.25, -0.2) is 14.5 Å². The predicted octanol–water partition coefficient (Wildman–Crippen LogP) is -2.28. The fraction of sp³-hybridized carbons (Fsp3) is 0.375. The van der Waals surface area contributed by atoms with Gasteiger partial charge in [0.25, 0.3) is 0 Å². The molecule has 1 aromatic heterocycles. The van der Waals surface area contributed by atoms with Gasteiger partial charge in [-0.3, -0.25) is 9.59 Å². The summed E-state index contributed by atoms with van der Waals surface area (Å²) in [4.78, 5) is 36.3. The Morgan fingerprint density at radius 2 is 2.18 bits per heavy atom. The maximum atomic E-state index is 11.4. The summed E-state index contributed by atoms with van der Waals surface area (Å²) in [6, 6.07) is -1.33. The number of carboxylic acids is 1. The summed E-state index contributed by atoms with van der Waals surface area (Å²) >= 11 is 0. The van der Waals surface area contributed by atoms with Crippen LogP contribution >= 0.6 is 0 Å². The van der Waals surface area contributed by atoms with E-state index in [0.717, 1.165) is 0 Å². The van der Waals surface area contributed by atoms with Crippen LogP contribution in [0.2, 0.25) is 0 Å². The van der Waals surface area contributed by atoms with Gasteiger partial charge in [0.05, 0.1) is 6.42 Å². The quantitative estimate of drug-likeness (QED) is 0.512. The zero-order valence-electron chi connectivity index (χ0n) is 8.74. The average molecular weight is 241 g/mol. The van der Waals surface area contributed by atoms with Crippen molar-refractivity contribution >= 4 is 17.8 Å². The Bertz CT molecular complexity index is 416. The maximum absolute atomic E-state index is 11.4. The number of hydrogen-bond donors (Lipinski definition) is 3. The number of nitrogens with zero attached hydrogens (tertiary/aromatic N) is 3. The van der Waals surface area contributed by atoms with Crippen LogP contribution in [0.5, 0.6) is 0 Å². The lowest BCUT2D eigenvalue weighted by Gasteiger charge is -2.12. The summed E-state index contributed by atoms with van der Waals surface area (Å²) in [5.41, 5.74) is 4.86. The molecule has 92 valence electrons. The molecule has 0 aliphatic rings. The number of nitrogens with one attached hydrogen (secondary N) is 1. The first-order valence-electron chi connectivity index (χ1n) is 4.62. The Morgan fingerprint density at radius 1 is 1.47 bits per heavy atom. The van der Waals surface area contributed by atoms with E-state index in [2.05, 4.69) is 15.4 Å². The Hall–Kier alpha value is -2.45. The first-order valence-corrected chi connectivity index (χ1v) is 4.62. The van der Waals surface area contributed by atoms with E-state index < -0.39 is 30.2 Å². The summed E-state index contributed by atoms with van der Waals surface area (Å²) in [6.45, 7) is -0.178. The molecule has 2 amide bonds. The minimum absolute atomic E-state index is 0.178. The molecule has 9 heteroatoms. The Balaban J connectivity index is 2.52. The molecule has 0 unspecified atom stereocenters. The van der Waals surface area contributed by atoms with Crippen LogP contribution in [0.4, 0.5) is 0 Å². The summed E-state index contributed by atoms with van der Waals surface area (Å²) < 4.78 is 1.22. The van der Waals surface area contributed by atoms with Crippen molar-refractivity contribution in [2.45, 2.75) is 19.0 Å². The lowest BCUT2D eigenvalue weighted by molar-refractivity contribution is -0.143. The molecule has 0 radical (unpaired) electrons. The number of rotatable bonds is 6. The summed E-state index contributed by atoms with van der Waals surface area (Å²) in [5, 5.41) is 14.6. The number of nitrogens with two attached hydrogens (primary N) is 1. The molecular formula is C8H11N5O4. The highest BCUT2D eigenvalue weighted by molar-refractivity contribution is 5.87. The van der Waals surface area contributed by atoms with Gasteiger partial charge in [-0.05, 0) is 0 Å². The number of aliphatic carboxylic acids is 1. The van der Waals surface area contributed by atoms with Gasteiger partial charge >= 0.3 is 5.97 Å². The van der Waals surface area contributed by atoms with Gasteiger partial charge in [-0.15, -0.1) is 0 Å². The van der Waals surface area contributed by atoms with Crippen LogP contribution in [0, 0.1) is 0 Å². The fourth-order valence-corrected chi connectivity index (χ4v) is 1.10. The second-order valence-electron chi connectivity index (χ2n) is 3.22. The van der Waals surface area contributed by atoms with Crippen LogP contribution < -0.4 is 11.1 Å². The third-order valence-electron chi connectivity index (χ3n) is 1.81. The molecule has 0 aromatic carbocycles. The van der Waals surface area contributed by atoms with Crippen molar-refractivity contribution in [3.63, 3.8) is 0 Å². The fourth-order valence-electron chi connectivity index (χ4n) is 1.10. The molecule has 17 heavy (non-hydrogen) atoms. The summed E-state index contributed by atoms with van der Waals surface area (Å²) in [6.07, 6.45) is 2.09. The van der Waals surface area contributed by atoms with Crippen LogP contribution in [0.3, 0.4) is 0 Å². The largest absolute Gasteiger partial charge is 0.480 e. The monoisotopic (exact) mass is 241 g/mol. The second-order valence-corrected chi connectivity index (χ2v) is 3.22. The maximum Gasteiger partial charge on any atom is 0.326 e. The molecule has 1 aromatic rings. The summed E-state index contributed by atoms with van der Waals surface area (Å²) in [7, 11) is 0. The number of primary amides is 1. The van der Waals surface area contributed by atoms with Crippen molar-refractivity contribution in [1.29, 1.82) is 0 Å². The Morgan fingerprint density at radius 3 is 2.65 bits per heavy atom. The van der Waals surface area contributed by atoms with Crippen molar-refractivity contribution in [3.8, 4) is 0 Å². The molecule has 1 atom stereocenters. The molecule has 0 saturated carbocycles. The molecule has 1 heterocycles. The number of carbonyl (C=O) groups is 3. The first-order chi connectivity index (χ1) is 7.99. The summed E-state index contributed by atoms with van der Waals surface area (Å²) in [5.74, 6) is -2.72. The molecule has 0 aliphatic heterocycles. The van der Waals surface area contributed by atoms with Crippen LogP contribution in [-0.4, -0.2) is 43.7 Å². The average Bonchev–Trinajstić information content (AvgIpc) is 2.68. The zero-order chi connectivity index (χ0) is 12.8. The van der Waals surface area contributed by atoms with E-state index in [4.69, 9.17) is 10.8 Å². The third-order valence-corrected chi connectivity index (χ3v) is 1.81. The van der Waals surface area contributed by atoms with Crippen molar-refractivity contribution in [2.24, 2.45) is 5.73 Å². The molecule has 4 N–H and O–H groups in total. The number of aromatic nitrogens is 3. The highest BCUT2D eigenvalue weighted by atomic mass is 16.4. The van der Waals surface area contributed by atoms with Crippen LogP contribution in [0.25, 0.3) is 0 Å². The first kappa shape index (κ1) is 12.6. The number of carbonyl (C=O) groups excluding carboxylic acids is 2. The number of hydrogen-bond acceptors (Lipinski definition) is 5. The Labute approximate surface area is 95.6 Å². The minimum Gasteiger partial charge on any atom is -0.480 e. The van der Waals surface area contributed by atoms with Crippen molar-refractivity contribution in [1.82, 2.24) is 20.1 Å². The van der Waals surface area contributed by atoms with E-state index in [0.29, 0.717) is 0 Å². The highest BCUT2D eigenvalue weighted by Crippen LogP contribution is 1.92. The number of carboxylic acid groups (broad SMARTS) is 1. The van der Waals surface area contributed by atoms with E-state index in [-0.39, 0.29) is 6.54 Å². The molecule has 0 aliphatic carbocycles. The Kier molecular flexibility index (Phi) is 4.14. The van der Waals surface area contributed by atoms with E-state index in [9.17, 15) is 14.4 Å². The molecule has 1 rings (SSSR count).